The van der Waals surface area contributed by atoms with E-state index in [1.54, 1.807) is 24.3 Å². The van der Waals surface area contributed by atoms with Gasteiger partial charge in [-0.2, -0.15) is 5.26 Å². The lowest BCUT2D eigenvalue weighted by molar-refractivity contribution is -0.0375. The van der Waals surface area contributed by atoms with E-state index in [2.05, 4.69) is 6.07 Å². The lowest BCUT2D eigenvalue weighted by atomic mass is 10.2. The number of nitrogens with zero attached hydrogens (tertiary/aromatic N) is 1. The van der Waals surface area contributed by atoms with Crippen LogP contribution in [0.1, 0.15) is 26.3 Å². The molecule has 0 atom stereocenters. The van der Waals surface area contributed by atoms with Crippen LogP contribution in [-0.4, -0.2) is 32.0 Å². The summed E-state index contributed by atoms with van der Waals surface area (Å²) in [6.45, 7) is 8.20. The number of hydrogen-bond acceptors (Lipinski definition) is 4. The van der Waals surface area contributed by atoms with Crippen molar-refractivity contribution in [1.82, 2.24) is 0 Å². The van der Waals surface area contributed by atoms with Crippen LogP contribution in [0.4, 0.5) is 0 Å². The molecule has 0 unspecified atom stereocenters. The first-order chi connectivity index (χ1) is 9.01. The lowest BCUT2D eigenvalue weighted by Crippen LogP contribution is -2.22. The molecular weight excluding hydrogens is 242 g/mol. The molecule has 0 N–H and O–H groups in total. The highest BCUT2D eigenvalue weighted by molar-refractivity contribution is 5.34. The third kappa shape index (κ3) is 7.45. The molecule has 0 aromatic heterocycles. The number of benzene rings is 1. The van der Waals surface area contributed by atoms with E-state index in [0.717, 1.165) is 5.75 Å². The third-order valence-electron chi connectivity index (χ3n) is 2.24. The van der Waals surface area contributed by atoms with Gasteiger partial charge in [0, 0.05) is 0 Å². The van der Waals surface area contributed by atoms with E-state index in [1.807, 2.05) is 20.8 Å². The van der Waals surface area contributed by atoms with Crippen molar-refractivity contribution < 1.29 is 14.2 Å². The Bertz CT molecular complexity index is 401. The topological polar surface area (TPSA) is 51.5 Å². The van der Waals surface area contributed by atoms with Gasteiger partial charge in [0.25, 0.3) is 0 Å². The first-order valence-electron chi connectivity index (χ1n) is 6.36. The van der Waals surface area contributed by atoms with Crippen molar-refractivity contribution in [2.24, 2.45) is 0 Å². The highest BCUT2D eigenvalue weighted by Gasteiger charge is 2.08. The molecule has 0 radical (unpaired) electrons. The van der Waals surface area contributed by atoms with Crippen molar-refractivity contribution in [2.75, 3.05) is 26.4 Å². The second kappa shape index (κ2) is 7.78. The molecule has 4 heteroatoms. The Balaban J connectivity index is 2.06. The second-order valence-electron chi connectivity index (χ2n) is 5.06. The Hall–Kier alpha value is -1.57. The Morgan fingerprint density at radius 3 is 2.21 bits per heavy atom. The van der Waals surface area contributed by atoms with Crippen molar-refractivity contribution in [3.05, 3.63) is 29.8 Å². The Morgan fingerprint density at radius 2 is 1.63 bits per heavy atom. The van der Waals surface area contributed by atoms with Gasteiger partial charge in [-0.05, 0) is 45.0 Å². The summed E-state index contributed by atoms with van der Waals surface area (Å²) in [5.41, 5.74) is 0.505. The molecule has 104 valence electrons. The molecule has 0 aliphatic rings. The van der Waals surface area contributed by atoms with E-state index < -0.39 is 0 Å². The largest absolute Gasteiger partial charge is 0.491 e. The number of ether oxygens (including phenoxy) is 3. The summed E-state index contributed by atoms with van der Waals surface area (Å²) >= 11 is 0. The summed E-state index contributed by atoms with van der Waals surface area (Å²) in [4.78, 5) is 0. The zero-order chi connectivity index (χ0) is 14.1. The van der Waals surface area contributed by atoms with Crippen LogP contribution < -0.4 is 4.74 Å². The second-order valence-corrected chi connectivity index (χ2v) is 5.06. The molecule has 19 heavy (non-hydrogen) atoms. The van der Waals surface area contributed by atoms with Gasteiger partial charge in [0.05, 0.1) is 37.1 Å². The molecule has 4 nitrogen and oxygen atoms in total. The molecular formula is C15H21NO3. The predicted octanol–water partition coefficient (Wildman–Crippen LogP) is 2.77. The molecule has 0 bridgehead atoms. The van der Waals surface area contributed by atoms with Crippen LogP contribution in [0.3, 0.4) is 0 Å². The summed E-state index contributed by atoms with van der Waals surface area (Å²) in [5.74, 6) is 0.744. The number of nitriles is 1. The minimum absolute atomic E-state index is 0.123. The zero-order valence-corrected chi connectivity index (χ0v) is 11.8. The minimum atomic E-state index is -0.123. The van der Waals surface area contributed by atoms with E-state index in [9.17, 15) is 0 Å². The molecule has 1 aromatic rings. The van der Waals surface area contributed by atoms with Crippen molar-refractivity contribution >= 4 is 0 Å². The lowest BCUT2D eigenvalue weighted by Gasteiger charge is -2.19. The van der Waals surface area contributed by atoms with E-state index in [0.29, 0.717) is 32.0 Å². The van der Waals surface area contributed by atoms with Crippen LogP contribution in [0.5, 0.6) is 5.75 Å². The zero-order valence-electron chi connectivity index (χ0n) is 11.8. The predicted molar refractivity (Wildman–Crippen MR) is 73.2 cm³/mol. The maximum Gasteiger partial charge on any atom is 0.119 e. The standard InChI is InChI=1S/C15H21NO3/c1-15(2,3)19-11-9-17-8-10-18-14-6-4-13(12-16)5-7-14/h4-7H,8-11H2,1-3H3. The van der Waals surface area contributed by atoms with Crippen LogP contribution in [-0.2, 0) is 9.47 Å². The number of rotatable bonds is 7. The average Bonchev–Trinajstić information content (AvgIpc) is 2.37. The van der Waals surface area contributed by atoms with Gasteiger partial charge in [-0.15, -0.1) is 0 Å². The highest BCUT2D eigenvalue weighted by Crippen LogP contribution is 2.11. The molecule has 0 heterocycles. The molecule has 0 spiro atoms. The first kappa shape index (κ1) is 15.5. The van der Waals surface area contributed by atoms with Crippen LogP contribution in [0.15, 0.2) is 24.3 Å². The first-order valence-corrected chi connectivity index (χ1v) is 6.36. The normalized spacial score (nSPS) is 11.1. The van der Waals surface area contributed by atoms with E-state index in [-0.39, 0.29) is 5.60 Å². The average molecular weight is 263 g/mol. The highest BCUT2D eigenvalue weighted by atomic mass is 16.5. The SMILES string of the molecule is CC(C)(C)OCCOCCOc1ccc(C#N)cc1. The monoisotopic (exact) mass is 263 g/mol. The van der Waals surface area contributed by atoms with Crippen LogP contribution in [0, 0.1) is 11.3 Å². The summed E-state index contributed by atoms with van der Waals surface area (Å²) < 4.78 is 16.4. The molecule has 0 saturated carbocycles. The molecule has 1 aromatic carbocycles. The van der Waals surface area contributed by atoms with Crippen LogP contribution in [0.25, 0.3) is 0 Å². The molecule has 0 saturated heterocycles. The van der Waals surface area contributed by atoms with Gasteiger partial charge < -0.3 is 14.2 Å². The molecule has 1 rings (SSSR count). The van der Waals surface area contributed by atoms with Crippen LogP contribution in [0.2, 0.25) is 0 Å². The van der Waals surface area contributed by atoms with E-state index in [4.69, 9.17) is 19.5 Å². The molecule has 0 aliphatic heterocycles. The van der Waals surface area contributed by atoms with Gasteiger partial charge >= 0.3 is 0 Å². The van der Waals surface area contributed by atoms with Gasteiger partial charge in [0.15, 0.2) is 0 Å². The summed E-state index contributed by atoms with van der Waals surface area (Å²) in [7, 11) is 0. The Morgan fingerprint density at radius 1 is 1.00 bits per heavy atom. The van der Waals surface area contributed by atoms with Gasteiger partial charge in [-0.25, -0.2) is 0 Å². The van der Waals surface area contributed by atoms with Crippen molar-refractivity contribution in [1.29, 1.82) is 5.26 Å². The maximum absolute atomic E-state index is 8.66. The fourth-order valence-electron chi connectivity index (χ4n) is 1.35. The fraction of sp³-hybridized carbons (Fsp3) is 0.533. The fourth-order valence-corrected chi connectivity index (χ4v) is 1.35. The van der Waals surface area contributed by atoms with Gasteiger partial charge in [-0.3, -0.25) is 0 Å². The smallest absolute Gasteiger partial charge is 0.119 e. The van der Waals surface area contributed by atoms with E-state index >= 15 is 0 Å². The molecule has 0 fully saturated rings. The van der Waals surface area contributed by atoms with Crippen LogP contribution >= 0.6 is 0 Å². The summed E-state index contributed by atoms with van der Waals surface area (Å²) in [6.07, 6.45) is 0. The summed E-state index contributed by atoms with van der Waals surface area (Å²) in [5, 5.41) is 8.66. The Labute approximate surface area is 114 Å². The molecule has 0 aliphatic carbocycles. The van der Waals surface area contributed by atoms with Gasteiger partial charge in [0.2, 0.25) is 0 Å². The summed E-state index contributed by atoms with van der Waals surface area (Å²) in [6, 6.07) is 9.08. The quantitative estimate of drug-likeness (QED) is 0.710. The third-order valence-corrected chi connectivity index (χ3v) is 2.24. The minimum Gasteiger partial charge on any atom is -0.491 e. The van der Waals surface area contributed by atoms with E-state index in [1.165, 1.54) is 0 Å². The molecule has 0 amide bonds. The van der Waals surface area contributed by atoms with Gasteiger partial charge in [0.1, 0.15) is 12.4 Å². The van der Waals surface area contributed by atoms with Crippen molar-refractivity contribution in [3.8, 4) is 11.8 Å². The Kier molecular flexibility index (Phi) is 6.34. The van der Waals surface area contributed by atoms with Crippen molar-refractivity contribution in [2.45, 2.75) is 26.4 Å². The maximum atomic E-state index is 8.66. The van der Waals surface area contributed by atoms with Crippen molar-refractivity contribution in [3.63, 3.8) is 0 Å². The van der Waals surface area contributed by atoms with Gasteiger partial charge in [-0.1, -0.05) is 0 Å². The number of hydrogen-bond donors (Lipinski definition) is 0.